The molecule has 0 aliphatic heterocycles. The normalized spacial score (nSPS) is 10.1. The maximum Gasteiger partial charge on any atom is 0.360 e. The summed E-state index contributed by atoms with van der Waals surface area (Å²) in [6.45, 7) is 3.93. The first kappa shape index (κ1) is 12.1. The number of ether oxygens (including phenoxy) is 1. The van der Waals surface area contributed by atoms with Crippen LogP contribution in [-0.2, 0) is 4.74 Å². The van der Waals surface area contributed by atoms with E-state index in [2.05, 4.69) is 15.3 Å². The van der Waals surface area contributed by atoms with E-state index in [9.17, 15) is 4.79 Å². The van der Waals surface area contributed by atoms with Crippen LogP contribution in [0.1, 0.15) is 23.1 Å². The molecular weight excluding hydrogens is 234 g/mol. The largest absolute Gasteiger partial charge is 0.461 e. The third-order valence-corrected chi connectivity index (χ3v) is 2.15. The number of rotatable bonds is 4. The lowest BCUT2D eigenvalue weighted by Crippen LogP contribution is -2.05. The number of pyridine rings is 1. The fourth-order valence-electron chi connectivity index (χ4n) is 1.30. The molecule has 0 spiro atoms. The van der Waals surface area contributed by atoms with Gasteiger partial charge in [-0.25, -0.2) is 4.79 Å². The highest BCUT2D eigenvalue weighted by Crippen LogP contribution is 2.15. The monoisotopic (exact) mass is 247 g/mol. The summed E-state index contributed by atoms with van der Waals surface area (Å²) in [5.41, 5.74) is 1.79. The van der Waals surface area contributed by atoms with E-state index >= 15 is 0 Å². The SMILES string of the molecule is CCOC(=O)c1coc(Nc2ccc(C)nc2)n1. The molecule has 94 valence electrons. The highest BCUT2D eigenvalue weighted by atomic mass is 16.5. The zero-order chi connectivity index (χ0) is 13.0. The molecule has 2 heterocycles. The summed E-state index contributed by atoms with van der Waals surface area (Å²) in [7, 11) is 0. The smallest absolute Gasteiger partial charge is 0.360 e. The van der Waals surface area contributed by atoms with Crippen molar-refractivity contribution >= 4 is 17.7 Å². The minimum atomic E-state index is -0.503. The van der Waals surface area contributed by atoms with E-state index in [0.29, 0.717) is 6.61 Å². The summed E-state index contributed by atoms with van der Waals surface area (Å²) in [5, 5.41) is 2.90. The fraction of sp³-hybridized carbons (Fsp3) is 0.250. The maximum absolute atomic E-state index is 11.4. The molecule has 0 unspecified atom stereocenters. The zero-order valence-electron chi connectivity index (χ0n) is 10.1. The van der Waals surface area contributed by atoms with Crippen LogP contribution < -0.4 is 5.32 Å². The molecule has 0 fully saturated rings. The summed E-state index contributed by atoms with van der Waals surface area (Å²) in [4.78, 5) is 19.5. The topological polar surface area (TPSA) is 77.2 Å². The predicted octanol–water partition coefficient (Wildman–Crippen LogP) is 2.30. The second-order valence-electron chi connectivity index (χ2n) is 3.57. The average molecular weight is 247 g/mol. The number of nitrogens with one attached hydrogen (secondary N) is 1. The van der Waals surface area contributed by atoms with E-state index in [4.69, 9.17) is 9.15 Å². The molecule has 0 aliphatic rings. The van der Waals surface area contributed by atoms with Crippen LogP contribution in [0.3, 0.4) is 0 Å². The van der Waals surface area contributed by atoms with Crippen molar-refractivity contribution < 1.29 is 13.9 Å². The van der Waals surface area contributed by atoms with Crippen LogP contribution >= 0.6 is 0 Å². The second kappa shape index (κ2) is 5.31. The molecule has 2 aromatic heterocycles. The van der Waals surface area contributed by atoms with Gasteiger partial charge in [-0.05, 0) is 26.0 Å². The highest BCUT2D eigenvalue weighted by Gasteiger charge is 2.13. The van der Waals surface area contributed by atoms with Gasteiger partial charge in [0.25, 0.3) is 6.01 Å². The Morgan fingerprint density at radius 2 is 2.33 bits per heavy atom. The molecule has 6 nitrogen and oxygen atoms in total. The van der Waals surface area contributed by atoms with Crippen LogP contribution in [0.2, 0.25) is 0 Å². The van der Waals surface area contributed by atoms with Crippen molar-refractivity contribution in [2.45, 2.75) is 13.8 Å². The third-order valence-electron chi connectivity index (χ3n) is 2.15. The Kier molecular flexibility index (Phi) is 3.57. The van der Waals surface area contributed by atoms with Gasteiger partial charge < -0.3 is 14.5 Å². The molecule has 0 amide bonds. The Morgan fingerprint density at radius 3 is 3.00 bits per heavy atom. The Bertz CT molecular complexity index is 534. The fourth-order valence-corrected chi connectivity index (χ4v) is 1.30. The van der Waals surface area contributed by atoms with E-state index in [1.807, 2.05) is 19.1 Å². The predicted molar refractivity (Wildman–Crippen MR) is 64.7 cm³/mol. The molecule has 18 heavy (non-hydrogen) atoms. The molecule has 0 aliphatic carbocycles. The molecule has 0 radical (unpaired) electrons. The number of aromatic nitrogens is 2. The summed E-state index contributed by atoms with van der Waals surface area (Å²) in [6.07, 6.45) is 2.91. The molecule has 2 aromatic rings. The molecule has 6 heteroatoms. The highest BCUT2D eigenvalue weighted by molar-refractivity contribution is 5.87. The van der Waals surface area contributed by atoms with Crippen molar-refractivity contribution in [3.63, 3.8) is 0 Å². The molecular formula is C12H13N3O3. The number of hydrogen-bond donors (Lipinski definition) is 1. The molecule has 0 saturated carbocycles. The van der Waals surface area contributed by atoms with Crippen molar-refractivity contribution in [2.24, 2.45) is 0 Å². The number of aryl methyl sites for hydroxylation is 1. The van der Waals surface area contributed by atoms with Crippen LogP contribution in [0.15, 0.2) is 29.0 Å². The van der Waals surface area contributed by atoms with E-state index in [-0.39, 0.29) is 11.7 Å². The van der Waals surface area contributed by atoms with Gasteiger partial charge in [0.2, 0.25) is 0 Å². The minimum absolute atomic E-state index is 0.138. The van der Waals surface area contributed by atoms with Gasteiger partial charge in [-0.1, -0.05) is 0 Å². The van der Waals surface area contributed by atoms with E-state index in [1.54, 1.807) is 13.1 Å². The number of carbonyl (C=O) groups excluding carboxylic acids is 1. The number of hydrogen-bond acceptors (Lipinski definition) is 6. The first-order valence-corrected chi connectivity index (χ1v) is 5.51. The van der Waals surface area contributed by atoms with Gasteiger partial charge in [-0.2, -0.15) is 4.98 Å². The Labute approximate surface area is 104 Å². The summed E-state index contributed by atoms with van der Waals surface area (Å²) in [6, 6.07) is 3.93. The average Bonchev–Trinajstić information content (AvgIpc) is 2.81. The minimum Gasteiger partial charge on any atom is -0.461 e. The Balaban J connectivity index is 2.06. The third kappa shape index (κ3) is 2.85. The standard InChI is InChI=1S/C12H13N3O3/c1-3-17-11(16)10-7-18-12(15-10)14-9-5-4-8(2)13-6-9/h4-7H,3H2,1-2H3,(H,14,15). The lowest BCUT2D eigenvalue weighted by Gasteiger charge is -2.00. The molecule has 0 saturated heterocycles. The van der Waals surface area contributed by atoms with Gasteiger partial charge in [0.1, 0.15) is 6.26 Å². The van der Waals surface area contributed by atoms with Gasteiger partial charge in [0, 0.05) is 5.69 Å². The maximum atomic E-state index is 11.4. The van der Waals surface area contributed by atoms with Gasteiger partial charge in [0.15, 0.2) is 5.69 Å². The number of esters is 1. The lowest BCUT2D eigenvalue weighted by molar-refractivity contribution is 0.0519. The van der Waals surface area contributed by atoms with Crippen molar-refractivity contribution in [3.8, 4) is 0 Å². The van der Waals surface area contributed by atoms with Gasteiger partial charge in [0.05, 0.1) is 18.5 Å². The Morgan fingerprint density at radius 1 is 1.50 bits per heavy atom. The summed E-state index contributed by atoms with van der Waals surface area (Å²) >= 11 is 0. The van der Waals surface area contributed by atoms with Crippen LogP contribution in [-0.4, -0.2) is 22.5 Å². The Hall–Kier alpha value is -2.37. The van der Waals surface area contributed by atoms with Crippen molar-refractivity contribution in [3.05, 3.63) is 36.0 Å². The van der Waals surface area contributed by atoms with Crippen LogP contribution in [0.5, 0.6) is 0 Å². The van der Waals surface area contributed by atoms with E-state index in [0.717, 1.165) is 11.4 Å². The number of nitrogens with zero attached hydrogens (tertiary/aromatic N) is 2. The van der Waals surface area contributed by atoms with Crippen molar-refractivity contribution in [2.75, 3.05) is 11.9 Å². The molecule has 0 bridgehead atoms. The van der Waals surface area contributed by atoms with Crippen LogP contribution in [0, 0.1) is 6.92 Å². The van der Waals surface area contributed by atoms with E-state index < -0.39 is 5.97 Å². The van der Waals surface area contributed by atoms with Gasteiger partial charge in [-0.3, -0.25) is 4.98 Å². The molecule has 1 N–H and O–H groups in total. The number of anilines is 2. The van der Waals surface area contributed by atoms with E-state index in [1.165, 1.54) is 6.26 Å². The first-order valence-electron chi connectivity index (χ1n) is 5.51. The van der Waals surface area contributed by atoms with Crippen molar-refractivity contribution in [1.82, 2.24) is 9.97 Å². The number of oxazole rings is 1. The quantitative estimate of drug-likeness (QED) is 0.835. The molecule has 2 rings (SSSR count). The lowest BCUT2D eigenvalue weighted by atomic mass is 10.3. The van der Waals surface area contributed by atoms with Crippen LogP contribution in [0.4, 0.5) is 11.7 Å². The molecule has 0 aromatic carbocycles. The van der Waals surface area contributed by atoms with Gasteiger partial charge in [-0.15, -0.1) is 0 Å². The molecule has 0 atom stereocenters. The second-order valence-corrected chi connectivity index (χ2v) is 3.57. The number of carbonyl (C=O) groups is 1. The zero-order valence-corrected chi connectivity index (χ0v) is 10.1. The first-order chi connectivity index (χ1) is 8.69. The van der Waals surface area contributed by atoms with Crippen molar-refractivity contribution in [1.29, 1.82) is 0 Å². The van der Waals surface area contributed by atoms with Crippen LogP contribution in [0.25, 0.3) is 0 Å². The summed E-state index contributed by atoms with van der Waals surface area (Å²) < 4.78 is 9.92. The van der Waals surface area contributed by atoms with Gasteiger partial charge >= 0.3 is 5.97 Å². The summed E-state index contributed by atoms with van der Waals surface area (Å²) in [5.74, 6) is -0.503.